The van der Waals surface area contributed by atoms with Crippen molar-refractivity contribution in [3.05, 3.63) is 84.7 Å². The van der Waals surface area contributed by atoms with Crippen molar-refractivity contribution in [3.8, 4) is 11.1 Å². The van der Waals surface area contributed by atoms with E-state index in [1.165, 1.54) is 5.56 Å². The molecule has 5 nitrogen and oxygen atoms in total. The fourth-order valence-corrected chi connectivity index (χ4v) is 4.93. The van der Waals surface area contributed by atoms with Gasteiger partial charge in [0, 0.05) is 24.0 Å². The van der Waals surface area contributed by atoms with Gasteiger partial charge in [0.25, 0.3) is 0 Å². The fourth-order valence-electron chi connectivity index (χ4n) is 4.93. The van der Waals surface area contributed by atoms with Gasteiger partial charge < -0.3 is 4.74 Å². The van der Waals surface area contributed by atoms with E-state index in [9.17, 15) is 4.79 Å². The van der Waals surface area contributed by atoms with Crippen LogP contribution in [0.15, 0.2) is 79.1 Å². The number of carbonyl (C=O) groups is 1. The number of fused-ring (bicyclic) bond motifs is 3. The Labute approximate surface area is 183 Å². The van der Waals surface area contributed by atoms with Crippen LogP contribution in [-0.4, -0.2) is 41.2 Å². The minimum absolute atomic E-state index is 0.0914. The summed E-state index contributed by atoms with van der Waals surface area (Å²) in [5.74, 6) is 0.429. The Hall–Kier alpha value is -3.18. The number of hydrogen-bond acceptors (Lipinski definition) is 4. The van der Waals surface area contributed by atoms with Crippen LogP contribution in [0.4, 0.5) is 10.5 Å². The molecular weight excluding hydrogens is 386 g/mol. The van der Waals surface area contributed by atoms with Crippen LogP contribution < -0.4 is 5.32 Å². The van der Waals surface area contributed by atoms with Gasteiger partial charge in [-0.05, 0) is 67.2 Å². The van der Waals surface area contributed by atoms with Crippen LogP contribution in [0.1, 0.15) is 18.4 Å². The summed E-state index contributed by atoms with van der Waals surface area (Å²) in [6, 6.07) is 22.4. The molecule has 6 rings (SSSR count). The van der Waals surface area contributed by atoms with Gasteiger partial charge in [0.1, 0.15) is 6.10 Å². The van der Waals surface area contributed by atoms with Crippen molar-refractivity contribution in [1.29, 1.82) is 0 Å². The van der Waals surface area contributed by atoms with Gasteiger partial charge in [-0.1, -0.05) is 48.5 Å². The second kappa shape index (κ2) is 8.90. The van der Waals surface area contributed by atoms with E-state index in [-0.39, 0.29) is 18.2 Å². The first-order chi connectivity index (χ1) is 15.3. The lowest BCUT2D eigenvalue weighted by molar-refractivity contribution is -0.0741. The zero-order valence-electron chi connectivity index (χ0n) is 17.5. The van der Waals surface area contributed by atoms with E-state index in [0.717, 1.165) is 49.2 Å². The van der Waals surface area contributed by atoms with Crippen LogP contribution in [0, 0.1) is 5.92 Å². The molecule has 0 unspecified atom stereocenters. The molecule has 0 spiro atoms. The molecule has 2 aromatic carbocycles. The van der Waals surface area contributed by atoms with Gasteiger partial charge in [-0.15, -0.1) is 0 Å². The predicted molar refractivity (Wildman–Crippen MR) is 122 cm³/mol. The molecule has 4 heterocycles. The zero-order valence-corrected chi connectivity index (χ0v) is 17.5. The third-order valence-electron chi connectivity index (χ3n) is 6.54. The topological polar surface area (TPSA) is 54.5 Å². The maximum Gasteiger partial charge on any atom is 0.411 e. The van der Waals surface area contributed by atoms with Crippen molar-refractivity contribution in [3.63, 3.8) is 0 Å². The number of nitrogens with one attached hydrogen (secondary N) is 1. The molecule has 3 aliphatic rings. The maximum absolute atomic E-state index is 12.7. The summed E-state index contributed by atoms with van der Waals surface area (Å²) in [7, 11) is 0. The number of amides is 1. The lowest BCUT2D eigenvalue weighted by atomic mass is 9.78. The van der Waals surface area contributed by atoms with Gasteiger partial charge in [-0.2, -0.15) is 0 Å². The molecule has 5 heteroatoms. The molecule has 3 aliphatic heterocycles. The van der Waals surface area contributed by atoms with E-state index < -0.39 is 0 Å². The van der Waals surface area contributed by atoms with E-state index in [4.69, 9.17) is 4.74 Å². The fraction of sp³-hybridized carbons (Fsp3) is 0.308. The standard InChI is InChI=1S/C26H27N3O2/c30-26(28-23-10-8-21(9-11-23)20-6-2-1-3-7-20)31-25-22-12-15-29(16-13-22)24(25)17-19-5-4-14-27-18-19/h1-11,14,18,22,24-25H,12-13,15-17H2,(H,28,30)/t24-,25-/m0/s1. The Bertz CT molecular complexity index is 1000. The molecule has 1 N–H and O–H groups in total. The van der Waals surface area contributed by atoms with Crippen molar-refractivity contribution in [2.45, 2.75) is 31.4 Å². The van der Waals surface area contributed by atoms with Crippen LogP contribution in [0.5, 0.6) is 0 Å². The van der Waals surface area contributed by atoms with Gasteiger partial charge in [-0.3, -0.25) is 15.2 Å². The summed E-state index contributed by atoms with van der Waals surface area (Å²) in [4.78, 5) is 19.5. The molecule has 0 radical (unpaired) electrons. The molecule has 2 bridgehead atoms. The van der Waals surface area contributed by atoms with Gasteiger partial charge in [0.2, 0.25) is 0 Å². The minimum Gasteiger partial charge on any atom is -0.444 e. The minimum atomic E-state index is -0.373. The van der Waals surface area contributed by atoms with Crippen LogP contribution in [0.2, 0.25) is 0 Å². The Balaban J connectivity index is 1.25. The van der Waals surface area contributed by atoms with Gasteiger partial charge in [0.15, 0.2) is 0 Å². The molecule has 0 saturated carbocycles. The third kappa shape index (κ3) is 4.47. The molecule has 1 aromatic heterocycles. The molecule has 0 aliphatic carbocycles. The highest BCUT2D eigenvalue weighted by atomic mass is 16.6. The van der Waals surface area contributed by atoms with Crippen molar-refractivity contribution >= 4 is 11.8 Å². The predicted octanol–water partition coefficient (Wildman–Crippen LogP) is 5.00. The first kappa shape index (κ1) is 19.8. The van der Waals surface area contributed by atoms with E-state index in [0.29, 0.717) is 5.92 Å². The lowest BCUT2D eigenvalue weighted by Crippen LogP contribution is -2.60. The second-order valence-electron chi connectivity index (χ2n) is 8.44. The second-order valence-corrected chi connectivity index (χ2v) is 8.44. The average Bonchev–Trinajstić information content (AvgIpc) is 2.83. The molecule has 3 saturated heterocycles. The van der Waals surface area contributed by atoms with Crippen molar-refractivity contribution in [2.24, 2.45) is 5.92 Å². The number of nitrogens with zero attached hydrogens (tertiary/aromatic N) is 2. The Morgan fingerprint density at radius 1 is 0.968 bits per heavy atom. The molecule has 2 atom stereocenters. The van der Waals surface area contributed by atoms with E-state index in [2.05, 4.69) is 33.4 Å². The third-order valence-corrected chi connectivity index (χ3v) is 6.54. The van der Waals surface area contributed by atoms with E-state index in [1.54, 1.807) is 6.20 Å². The highest BCUT2D eigenvalue weighted by Gasteiger charge is 2.44. The Morgan fingerprint density at radius 2 is 1.71 bits per heavy atom. The highest BCUT2D eigenvalue weighted by molar-refractivity contribution is 5.85. The van der Waals surface area contributed by atoms with Crippen LogP contribution in [-0.2, 0) is 11.2 Å². The number of anilines is 1. The van der Waals surface area contributed by atoms with Crippen molar-refractivity contribution in [2.75, 3.05) is 18.4 Å². The monoisotopic (exact) mass is 413 g/mol. The molecular formula is C26H27N3O2. The number of benzene rings is 2. The Morgan fingerprint density at radius 3 is 2.42 bits per heavy atom. The SMILES string of the molecule is O=C(Nc1ccc(-c2ccccc2)cc1)O[C@H]1C2CCN(CC2)[C@H]1Cc1cccnc1. The van der Waals surface area contributed by atoms with Crippen LogP contribution >= 0.6 is 0 Å². The lowest BCUT2D eigenvalue weighted by Gasteiger charge is -2.50. The molecule has 31 heavy (non-hydrogen) atoms. The number of piperidine rings is 3. The summed E-state index contributed by atoms with van der Waals surface area (Å²) in [5, 5.41) is 2.92. The summed E-state index contributed by atoms with van der Waals surface area (Å²) < 4.78 is 6.02. The normalized spacial score (nSPS) is 24.5. The van der Waals surface area contributed by atoms with Crippen LogP contribution in [0.25, 0.3) is 11.1 Å². The number of carbonyl (C=O) groups excluding carboxylic acids is 1. The summed E-state index contributed by atoms with van der Waals surface area (Å²) in [5.41, 5.74) is 4.20. The zero-order chi connectivity index (χ0) is 21.0. The summed E-state index contributed by atoms with van der Waals surface area (Å²) in [6.45, 7) is 2.16. The maximum atomic E-state index is 12.7. The molecule has 1 amide bonds. The molecule has 3 aromatic rings. The van der Waals surface area contributed by atoms with Gasteiger partial charge in [-0.25, -0.2) is 4.79 Å². The number of ether oxygens (including phenoxy) is 1. The smallest absolute Gasteiger partial charge is 0.411 e. The van der Waals surface area contributed by atoms with E-state index in [1.807, 2.05) is 54.7 Å². The first-order valence-corrected chi connectivity index (χ1v) is 11.0. The molecule has 3 fully saturated rings. The highest BCUT2D eigenvalue weighted by Crippen LogP contribution is 2.36. The van der Waals surface area contributed by atoms with Gasteiger partial charge in [0.05, 0.1) is 6.04 Å². The van der Waals surface area contributed by atoms with E-state index >= 15 is 0 Å². The number of pyridine rings is 1. The van der Waals surface area contributed by atoms with Crippen molar-refractivity contribution < 1.29 is 9.53 Å². The van der Waals surface area contributed by atoms with Gasteiger partial charge >= 0.3 is 6.09 Å². The summed E-state index contributed by atoms with van der Waals surface area (Å²) >= 11 is 0. The Kier molecular flexibility index (Phi) is 5.67. The van der Waals surface area contributed by atoms with Crippen LogP contribution in [0.3, 0.4) is 0 Å². The largest absolute Gasteiger partial charge is 0.444 e. The molecule has 158 valence electrons. The average molecular weight is 414 g/mol. The first-order valence-electron chi connectivity index (χ1n) is 11.0. The number of aromatic nitrogens is 1. The number of hydrogen-bond donors (Lipinski definition) is 1. The summed E-state index contributed by atoms with van der Waals surface area (Å²) in [6.07, 6.45) is 6.28. The quantitative estimate of drug-likeness (QED) is 0.639. The van der Waals surface area contributed by atoms with Crippen molar-refractivity contribution in [1.82, 2.24) is 9.88 Å². The number of rotatable bonds is 5.